The molecule has 3 rings (SSSR count). The van der Waals surface area contributed by atoms with Crippen molar-refractivity contribution in [2.75, 3.05) is 13.2 Å². The summed E-state index contributed by atoms with van der Waals surface area (Å²) in [5, 5.41) is 9.21. The molecule has 3 nitrogen and oxygen atoms in total. The number of hydrogen-bond donors (Lipinski definition) is 1. The van der Waals surface area contributed by atoms with Crippen LogP contribution in [0.3, 0.4) is 0 Å². The van der Waals surface area contributed by atoms with Gasteiger partial charge in [0.1, 0.15) is 0 Å². The number of benzene rings is 1. The van der Waals surface area contributed by atoms with Crippen LogP contribution in [0.1, 0.15) is 36.8 Å². The van der Waals surface area contributed by atoms with Gasteiger partial charge in [-0.05, 0) is 61.8 Å². The maximum absolute atomic E-state index is 12.9. The second-order valence-electron chi connectivity index (χ2n) is 6.21. The Morgan fingerprint density at radius 3 is 2.90 bits per heavy atom. The van der Waals surface area contributed by atoms with Crippen molar-refractivity contribution in [3.05, 3.63) is 33.8 Å². The van der Waals surface area contributed by atoms with E-state index in [-0.39, 0.29) is 18.6 Å². The zero-order valence-corrected chi connectivity index (χ0v) is 13.8. The summed E-state index contributed by atoms with van der Waals surface area (Å²) in [6.45, 7) is 1.03. The van der Waals surface area contributed by atoms with Crippen LogP contribution in [0.4, 0.5) is 0 Å². The monoisotopic (exact) mass is 351 g/mol. The molecule has 0 bridgehead atoms. The smallest absolute Gasteiger partial charge is 0.226 e. The van der Waals surface area contributed by atoms with Gasteiger partial charge in [0, 0.05) is 29.6 Å². The Hall–Kier alpha value is -0.870. The van der Waals surface area contributed by atoms with Gasteiger partial charge in [0.05, 0.1) is 0 Å². The van der Waals surface area contributed by atoms with Crippen LogP contribution in [0.15, 0.2) is 22.7 Å². The summed E-state index contributed by atoms with van der Waals surface area (Å²) in [6.07, 6.45) is 5.75. The van der Waals surface area contributed by atoms with E-state index in [0.717, 1.165) is 43.1 Å². The molecule has 1 heterocycles. The molecular formula is C17H22BrNO2. The number of nitrogens with zero attached hydrogens (tertiary/aromatic N) is 1. The van der Waals surface area contributed by atoms with Gasteiger partial charge in [-0.2, -0.15) is 0 Å². The number of likely N-dealkylation sites (tertiary alicyclic amines) is 1. The molecule has 4 heteroatoms. The second kappa shape index (κ2) is 6.49. The third-order valence-electron chi connectivity index (χ3n) is 4.82. The molecule has 2 aliphatic rings. The van der Waals surface area contributed by atoms with E-state index in [2.05, 4.69) is 34.1 Å². The molecular weight excluding hydrogens is 330 g/mol. The van der Waals surface area contributed by atoms with E-state index in [1.807, 2.05) is 4.90 Å². The largest absolute Gasteiger partial charge is 0.396 e. The maximum Gasteiger partial charge on any atom is 0.226 e. The zero-order valence-electron chi connectivity index (χ0n) is 12.2. The molecule has 0 spiro atoms. The SMILES string of the molecule is O=C(C1Cc2ccc(Br)cc2C1)N1CCCCC1CCO. The predicted molar refractivity (Wildman–Crippen MR) is 86.1 cm³/mol. The molecule has 1 amide bonds. The topological polar surface area (TPSA) is 40.5 Å². The molecule has 1 aromatic rings. The molecule has 1 aliphatic carbocycles. The fourth-order valence-electron chi connectivity index (χ4n) is 3.74. The van der Waals surface area contributed by atoms with Gasteiger partial charge in [0.2, 0.25) is 5.91 Å². The van der Waals surface area contributed by atoms with Crippen molar-refractivity contribution in [1.29, 1.82) is 0 Å². The van der Waals surface area contributed by atoms with Gasteiger partial charge in [-0.25, -0.2) is 0 Å². The molecule has 1 aliphatic heterocycles. The van der Waals surface area contributed by atoms with Gasteiger partial charge in [-0.3, -0.25) is 4.79 Å². The Kier molecular flexibility index (Phi) is 4.65. The minimum atomic E-state index is 0.0913. The van der Waals surface area contributed by atoms with Crippen molar-refractivity contribution in [2.45, 2.75) is 44.6 Å². The standard InChI is InChI=1S/C17H22BrNO2/c18-15-5-4-12-9-14(10-13(12)11-15)17(21)19-7-2-1-3-16(19)6-8-20/h4-5,11,14,16,20H,1-3,6-10H2. The van der Waals surface area contributed by atoms with Crippen molar-refractivity contribution in [3.8, 4) is 0 Å². The molecule has 1 N–H and O–H groups in total. The summed E-state index contributed by atoms with van der Waals surface area (Å²) in [7, 11) is 0. The minimum Gasteiger partial charge on any atom is -0.396 e. The number of carbonyl (C=O) groups excluding carboxylic acids is 1. The normalized spacial score (nSPS) is 25.0. The second-order valence-corrected chi connectivity index (χ2v) is 7.13. The summed E-state index contributed by atoms with van der Waals surface area (Å²) in [5.41, 5.74) is 2.62. The number of rotatable bonds is 3. The molecule has 114 valence electrons. The fourth-order valence-corrected chi connectivity index (χ4v) is 4.14. The number of carbonyl (C=O) groups is 1. The molecule has 0 saturated carbocycles. The third kappa shape index (κ3) is 3.16. The van der Waals surface area contributed by atoms with Crippen LogP contribution in [-0.2, 0) is 17.6 Å². The Labute approximate surface area is 134 Å². The zero-order chi connectivity index (χ0) is 14.8. The highest BCUT2D eigenvalue weighted by molar-refractivity contribution is 9.10. The van der Waals surface area contributed by atoms with Gasteiger partial charge < -0.3 is 10.0 Å². The molecule has 2 atom stereocenters. The maximum atomic E-state index is 12.9. The lowest BCUT2D eigenvalue weighted by molar-refractivity contribution is -0.139. The lowest BCUT2D eigenvalue weighted by Crippen LogP contribution is -2.47. The van der Waals surface area contributed by atoms with Crippen molar-refractivity contribution in [1.82, 2.24) is 4.90 Å². The fraction of sp³-hybridized carbons (Fsp3) is 0.588. The van der Waals surface area contributed by atoms with Crippen molar-refractivity contribution < 1.29 is 9.90 Å². The summed E-state index contributed by atoms with van der Waals surface area (Å²) in [4.78, 5) is 14.9. The van der Waals surface area contributed by atoms with E-state index in [1.165, 1.54) is 17.5 Å². The summed E-state index contributed by atoms with van der Waals surface area (Å²) < 4.78 is 1.09. The van der Waals surface area contributed by atoms with Gasteiger partial charge in [-0.1, -0.05) is 22.0 Å². The number of fused-ring (bicyclic) bond motifs is 1. The predicted octanol–water partition coefficient (Wildman–Crippen LogP) is 2.93. The van der Waals surface area contributed by atoms with Gasteiger partial charge in [0.15, 0.2) is 0 Å². The molecule has 1 fully saturated rings. The molecule has 0 radical (unpaired) electrons. The van der Waals surface area contributed by atoms with Crippen molar-refractivity contribution in [2.24, 2.45) is 5.92 Å². The van der Waals surface area contributed by atoms with Gasteiger partial charge >= 0.3 is 0 Å². The van der Waals surface area contributed by atoms with E-state index >= 15 is 0 Å². The summed E-state index contributed by atoms with van der Waals surface area (Å²) >= 11 is 3.51. The lowest BCUT2D eigenvalue weighted by Gasteiger charge is -2.37. The molecule has 0 aromatic heterocycles. The highest BCUT2D eigenvalue weighted by Gasteiger charge is 2.34. The molecule has 2 unspecified atom stereocenters. The Morgan fingerprint density at radius 2 is 2.10 bits per heavy atom. The number of amides is 1. The summed E-state index contributed by atoms with van der Waals surface area (Å²) in [5.74, 6) is 0.383. The third-order valence-corrected chi connectivity index (χ3v) is 5.32. The highest BCUT2D eigenvalue weighted by atomic mass is 79.9. The van der Waals surface area contributed by atoms with E-state index in [4.69, 9.17) is 0 Å². The van der Waals surface area contributed by atoms with Crippen molar-refractivity contribution in [3.63, 3.8) is 0 Å². The number of hydrogen-bond acceptors (Lipinski definition) is 2. The van der Waals surface area contributed by atoms with Crippen LogP contribution in [0.2, 0.25) is 0 Å². The van der Waals surface area contributed by atoms with E-state index in [0.29, 0.717) is 5.91 Å². The highest BCUT2D eigenvalue weighted by Crippen LogP contribution is 2.32. The average molecular weight is 352 g/mol. The first-order valence-corrected chi connectivity index (χ1v) is 8.67. The first kappa shape index (κ1) is 15.0. The average Bonchev–Trinajstić information content (AvgIpc) is 2.90. The number of aliphatic hydroxyl groups excluding tert-OH is 1. The molecule has 21 heavy (non-hydrogen) atoms. The Bertz CT molecular complexity index is 530. The van der Waals surface area contributed by atoms with Crippen LogP contribution < -0.4 is 0 Å². The molecule has 1 saturated heterocycles. The van der Waals surface area contributed by atoms with E-state index in [1.54, 1.807) is 0 Å². The quantitative estimate of drug-likeness (QED) is 0.909. The van der Waals surface area contributed by atoms with Crippen LogP contribution >= 0.6 is 15.9 Å². The van der Waals surface area contributed by atoms with Crippen LogP contribution in [-0.4, -0.2) is 35.1 Å². The number of piperidine rings is 1. The number of halogens is 1. The minimum absolute atomic E-state index is 0.0913. The lowest BCUT2D eigenvalue weighted by atomic mass is 9.96. The van der Waals surface area contributed by atoms with E-state index in [9.17, 15) is 9.90 Å². The van der Waals surface area contributed by atoms with Crippen LogP contribution in [0, 0.1) is 5.92 Å². The Balaban J connectivity index is 1.71. The van der Waals surface area contributed by atoms with Crippen molar-refractivity contribution >= 4 is 21.8 Å². The Morgan fingerprint density at radius 1 is 1.29 bits per heavy atom. The molecule has 1 aromatic carbocycles. The number of aliphatic hydroxyl groups is 1. The first-order valence-electron chi connectivity index (χ1n) is 7.87. The first-order chi connectivity index (χ1) is 10.2. The van der Waals surface area contributed by atoms with Gasteiger partial charge in [-0.15, -0.1) is 0 Å². The van der Waals surface area contributed by atoms with Gasteiger partial charge in [0.25, 0.3) is 0 Å². The van der Waals surface area contributed by atoms with Crippen LogP contribution in [0.5, 0.6) is 0 Å². The van der Waals surface area contributed by atoms with E-state index < -0.39 is 0 Å². The summed E-state index contributed by atoms with van der Waals surface area (Å²) in [6, 6.07) is 6.57. The van der Waals surface area contributed by atoms with Crippen LogP contribution in [0.25, 0.3) is 0 Å².